The van der Waals surface area contributed by atoms with Gasteiger partial charge in [0.05, 0.1) is 26.9 Å². The third kappa shape index (κ3) is 3.44. The van der Waals surface area contributed by atoms with E-state index in [0.29, 0.717) is 28.9 Å². The van der Waals surface area contributed by atoms with Crippen LogP contribution in [-0.4, -0.2) is 45.9 Å². The van der Waals surface area contributed by atoms with Crippen molar-refractivity contribution in [3.8, 4) is 17.2 Å². The fraction of sp³-hybridized carbons (Fsp3) is 0.562. The van der Waals surface area contributed by atoms with E-state index < -0.39 is 0 Å². The van der Waals surface area contributed by atoms with E-state index in [9.17, 15) is 4.79 Å². The number of methoxy groups -OCH3 is 3. The summed E-state index contributed by atoms with van der Waals surface area (Å²) in [5.74, 6) is 1.20. The first-order valence-corrected chi connectivity index (χ1v) is 7.43. The third-order valence-electron chi connectivity index (χ3n) is 3.91. The molecule has 1 aliphatic heterocycles. The van der Waals surface area contributed by atoms with E-state index in [1.165, 1.54) is 14.2 Å². The molecule has 1 aromatic carbocycles. The quantitative estimate of drug-likeness (QED) is 0.864. The average Bonchev–Trinajstić information content (AvgIpc) is 2.53. The van der Waals surface area contributed by atoms with Crippen LogP contribution in [0.5, 0.6) is 17.2 Å². The molecule has 6 nitrogen and oxygen atoms in total. The first kappa shape index (κ1) is 16.4. The lowest BCUT2D eigenvalue weighted by Crippen LogP contribution is -2.46. The van der Waals surface area contributed by atoms with Gasteiger partial charge in [0.25, 0.3) is 5.91 Å². The van der Waals surface area contributed by atoms with E-state index >= 15 is 0 Å². The minimum Gasteiger partial charge on any atom is -0.493 e. The zero-order valence-electron chi connectivity index (χ0n) is 13.6. The lowest BCUT2D eigenvalue weighted by molar-refractivity contribution is 0.0922. The fourth-order valence-corrected chi connectivity index (χ4v) is 2.81. The van der Waals surface area contributed by atoms with Gasteiger partial charge in [0.15, 0.2) is 11.5 Å². The molecule has 6 heteroatoms. The summed E-state index contributed by atoms with van der Waals surface area (Å²) in [4.78, 5) is 12.6. The van der Waals surface area contributed by atoms with Gasteiger partial charge in [-0.1, -0.05) is 0 Å². The molecule has 1 aliphatic rings. The SMILES string of the molecule is COc1ccc(C(=O)NC2CCNC(C)C2)c(OC)c1OC. The second-order valence-electron chi connectivity index (χ2n) is 5.43. The van der Waals surface area contributed by atoms with Gasteiger partial charge in [0.1, 0.15) is 0 Å². The molecule has 2 rings (SSSR count). The molecule has 0 bridgehead atoms. The van der Waals surface area contributed by atoms with Crippen LogP contribution < -0.4 is 24.8 Å². The number of piperidine rings is 1. The minimum absolute atomic E-state index is 0.156. The van der Waals surface area contributed by atoms with E-state index in [-0.39, 0.29) is 11.9 Å². The standard InChI is InChI=1S/C16H24N2O4/c1-10-9-11(7-8-17-10)18-16(19)12-5-6-13(20-2)15(22-4)14(12)21-3/h5-6,10-11,17H,7-9H2,1-4H3,(H,18,19). The molecule has 0 radical (unpaired) electrons. The maximum Gasteiger partial charge on any atom is 0.255 e. The molecule has 0 aliphatic carbocycles. The number of amides is 1. The Bertz CT molecular complexity index is 533. The van der Waals surface area contributed by atoms with Gasteiger partial charge in [-0.15, -0.1) is 0 Å². The van der Waals surface area contributed by atoms with Crippen molar-refractivity contribution < 1.29 is 19.0 Å². The summed E-state index contributed by atoms with van der Waals surface area (Å²) >= 11 is 0. The summed E-state index contributed by atoms with van der Waals surface area (Å²) in [5.41, 5.74) is 0.450. The van der Waals surface area contributed by atoms with E-state index in [1.54, 1.807) is 19.2 Å². The number of hydrogen-bond acceptors (Lipinski definition) is 5. The Morgan fingerprint density at radius 3 is 2.50 bits per heavy atom. The number of rotatable bonds is 5. The van der Waals surface area contributed by atoms with Gasteiger partial charge in [-0.05, 0) is 38.4 Å². The van der Waals surface area contributed by atoms with Crippen molar-refractivity contribution >= 4 is 5.91 Å². The predicted molar refractivity (Wildman–Crippen MR) is 84.1 cm³/mol. The number of carbonyl (C=O) groups is 1. The van der Waals surface area contributed by atoms with Crippen molar-refractivity contribution in [2.45, 2.75) is 31.8 Å². The summed E-state index contributed by atoms with van der Waals surface area (Å²) in [6.45, 7) is 3.03. The van der Waals surface area contributed by atoms with Gasteiger partial charge in [0.2, 0.25) is 5.75 Å². The second kappa shape index (κ2) is 7.35. The molecule has 1 fully saturated rings. The first-order valence-electron chi connectivity index (χ1n) is 7.43. The predicted octanol–water partition coefficient (Wildman–Crippen LogP) is 1.58. The largest absolute Gasteiger partial charge is 0.493 e. The number of nitrogens with one attached hydrogen (secondary N) is 2. The Balaban J connectivity index is 2.21. The van der Waals surface area contributed by atoms with E-state index in [2.05, 4.69) is 17.6 Å². The van der Waals surface area contributed by atoms with Crippen molar-refractivity contribution in [1.29, 1.82) is 0 Å². The number of ether oxygens (including phenoxy) is 3. The Labute approximate surface area is 131 Å². The zero-order chi connectivity index (χ0) is 16.1. The van der Waals surface area contributed by atoms with Crippen LogP contribution in [0.4, 0.5) is 0 Å². The molecule has 1 saturated heterocycles. The van der Waals surface area contributed by atoms with Gasteiger partial charge >= 0.3 is 0 Å². The topological polar surface area (TPSA) is 68.8 Å². The Morgan fingerprint density at radius 1 is 1.18 bits per heavy atom. The highest BCUT2D eigenvalue weighted by molar-refractivity contribution is 5.98. The smallest absolute Gasteiger partial charge is 0.255 e. The Hall–Kier alpha value is -1.95. The molecule has 2 unspecified atom stereocenters. The van der Waals surface area contributed by atoms with E-state index in [1.807, 2.05) is 0 Å². The molecule has 1 heterocycles. The molecule has 1 amide bonds. The molecule has 0 aromatic heterocycles. The van der Waals surface area contributed by atoms with Gasteiger partial charge < -0.3 is 24.8 Å². The summed E-state index contributed by atoms with van der Waals surface area (Å²) in [5, 5.41) is 6.44. The number of benzene rings is 1. The molecular formula is C16H24N2O4. The molecule has 2 N–H and O–H groups in total. The van der Waals surface area contributed by atoms with Crippen molar-refractivity contribution in [2.75, 3.05) is 27.9 Å². The highest BCUT2D eigenvalue weighted by Gasteiger charge is 2.24. The fourth-order valence-electron chi connectivity index (χ4n) is 2.81. The molecule has 22 heavy (non-hydrogen) atoms. The monoisotopic (exact) mass is 308 g/mol. The highest BCUT2D eigenvalue weighted by atomic mass is 16.5. The minimum atomic E-state index is -0.156. The van der Waals surface area contributed by atoms with Crippen molar-refractivity contribution in [2.24, 2.45) is 0 Å². The van der Waals surface area contributed by atoms with Gasteiger partial charge in [0, 0.05) is 12.1 Å². The lowest BCUT2D eigenvalue weighted by Gasteiger charge is -2.29. The average molecular weight is 308 g/mol. The van der Waals surface area contributed by atoms with Crippen molar-refractivity contribution in [3.05, 3.63) is 17.7 Å². The molecule has 0 saturated carbocycles. The van der Waals surface area contributed by atoms with Gasteiger partial charge in [-0.25, -0.2) is 0 Å². The summed E-state index contributed by atoms with van der Waals surface area (Å²) in [6, 6.07) is 3.98. The lowest BCUT2D eigenvalue weighted by atomic mass is 10.00. The first-order chi connectivity index (χ1) is 10.6. The molecule has 2 atom stereocenters. The summed E-state index contributed by atoms with van der Waals surface area (Å²) in [7, 11) is 4.59. The molecular weight excluding hydrogens is 284 g/mol. The van der Waals surface area contributed by atoms with Crippen LogP contribution >= 0.6 is 0 Å². The van der Waals surface area contributed by atoms with E-state index in [0.717, 1.165) is 19.4 Å². The maximum atomic E-state index is 12.6. The van der Waals surface area contributed by atoms with Crippen LogP contribution in [0.2, 0.25) is 0 Å². The third-order valence-corrected chi connectivity index (χ3v) is 3.91. The normalized spacial score (nSPS) is 21.1. The Morgan fingerprint density at radius 2 is 1.91 bits per heavy atom. The number of carbonyl (C=O) groups excluding carboxylic acids is 1. The summed E-state index contributed by atoms with van der Waals surface area (Å²) in [6.07, 6.45) is 1.84. The van der Waals surface area contributed by atoms with Crippen LogP contribution in [0.25, 0.3) is 0 Å². The van der Waals surface area contributed by atoms with Crippen LogP contribution in [-0.2, 0) is 0 Å². The van der Waals surface area contributed by atoms with Crippen molar-refractivity contribution in [3.63, 3.8) is 0 Å². The zero-order valence-corrected chi connectivity index (χ0v) is 13.6. The summed E-state index contributed by atoms with van der Waals surface area (Å²) < 4.78 is 15.9. The molecule has 1 aromatic rings. The molecule has 0 spiro atoms. The van der Waals surface area contributed by atoms with E-state index in [4.69, 9.17) is 14.2 Å². The van der Waals surface area contributed by atoms with Crippen LogP contribution in [0.15, 0.2) is 12.1 Å². The Kier molecular flexibility index (Phi) is 5.49. The van der Waals surface area contributed by atoms with Gasteiger partial charge in [-0.3, -0.25) is 4.79 Å². The van der Waals surface area contributed by atoms with Crippen LogP contribution in [0, 0.1) is 0 Å². The molecule has 122 valence electrons. The maximum absolute atomic E-state index is 12.6. The second-order valence-corrected chi connectivity index (χ2v) is 5.43. The van der Waals surface area contributed by atoms with Crippen LogP contribution in [0.3, 0.4) is 0 Å². The van der Waals surface area contributed by atoms with Crippen LogP contribution in [0.1, 0.15) is 30.1 Å². The van der Waals surface area contributed by atoms with Crippen molar-refractivity contribution in [1.82, 2.24) is 10.6 Å². The van der Waals surface area contributed by atoms with Gasteiger partial charge in [-0.2, -0.15) is 0 Å². The highest BCUT2D eigenvalue weighted by Crippen LogP contribution is 2.39. The number of hydrogen-bond donors (Lipinski definition) is 2.